The lowest BCUT2D eigenvalue weighted by molar-refractivity contribution is -0.131. The average Bonchev–Trinajstić information content (AvgIpc) is 2.11. The maximum atomic E-state index is 11.7. The Hall–Kier alpha value is -0.610. The minimum absolute atomic E-state index is 0.0243. The molecule has 4 nitrogen and oxygen atoms in total. The lowest BCUT2D eigenvalue weighted by atomic mass is 10.1. The molecular formula is C10H21N3O. The van der Waals surface area contributed by atoms with Crippen molar-refractivity contribution in [1.29, 1.82) is 0 Å². The zero-order valence-corrected chi connectivity index (χ0v) is 9.50. The number of rotatable bonds is 3. The standard InChI is InChI=1S/C10H21N3O/c1-7(2)13-8(3)5-12-10(14)9(13)6-11-4/h7-9,11H,5-6H2,1-4H3,(H,12,14). The van der Waals surface area contributed by atoms with Crippen molar-refractivity contribution in [3.05, 3.63) is 0 Å². The van der Waals surface area contributed by atoms with Crippen LogP contribution in [0.3, 0.4) is 0 Å². The minimum Gasteiger partial charge on any atom is -0.353 e. The van der Waals surface area contributed by atoms with E-state index in [0.717, 1.165) is 6.54 Å². The van der Waals surface area contributed by atoms with Gasteiger partial charge in [-0.3, -0.25) is 9.69 Å². The Kier molecular flexibility index (Phi) is 3.89. The average molecular weight is 199 g/mol. The minimum atomic E-state index is -0.0243. The number of hydrogen-bond acceptors (Lipinski definition) is 3. The Morgan fingerprint density at radius 2 is 2.29 bits per heavy atom. The van der Waals surface area contributed by atoms with Gasteiger partial charge < -0.3 is 10.6 Å². The van der Waals surface area contributed by atoms with Crippen LogP contribution in [0.1, 0.15) is 20.8 Å². The van der Waals surface area contributed by atoms with Gasteiger partial charge in [0, 0.05) is 25.2 Å². The van der Waals surface area contributed by atoms with Crippen molar-refractivity contribution in [2.24, 2.45) is 0 Å². The molecule has 1 fully saturated rings. The first-order valence-electron chi connectivity index (χ1n) is 5.27. The molecule has 0 bridgehead atoms. The molecule has 4 heteroatoms. The first-order valence-corrected chi connectivity index (χ1v) is 5.27. The number of nitrogens with zero attached hydrogens (tertiary/aromatic N) is 1. The van der Waals surface area contributed by atoms with E-state index in [0.29, 0.717) is 18.6 Å². The van der Waals surface area contributed by atoms with Gasteiger partial charge in [0.15, 0.2) is 0 Å². The van der Waals surface area contributed by atoms with Crippen LogP contribution >= 0.6 is 0 Å². The van der Waals surface area contributed by atoms with Gasteiger partial charge >= 0.3 is 0 Å². The van der Waals surface area contributed by atoms with Crippen LogP contribution in [0.25, 0.3) is 0 Å². The summed E-state index contributed by atoms with van der Waals surface area (Å²) in [4.78, 5) is 13.9. The molecular weight excluding hydrogens is 178 g/mol. The highest BCUT2D eigenvalue weighted by Gasteiger charge is 2.34. The van der Waals surface area contributed by atoms with Crippen LogP contribution in [0, 0.1) is 0 Å². The van der Waals surface area contributed by atoms with Crippen LogP contribution in [0.4, 0.5) is 0 Å². The van der Waals surface area contributed by atoms with Crippen LogP contribution in [0.15, 0.2) is 0 Å². The summed E-state index contributed by atoms with van der Waals surface area (Å²) in [6.45, 7) is 7.91. The van der Waals surface area contributed by atoms with Crippen molar-refractivity contribution in [2.75, 3.05) is 20.1 Å². The van der Waals surface area contributed by atoms with Gasteiger partial charge in [0.25, 0.3) is 0 Å². The van der Waals surface area contributed by atoms with E-state index in [-0.39, 0.29) is 11.9 Å². The van der Waals surface area contributed by atoms with Gasteiger partial charge in [0.1, 0.15) is 6.04 Å². The molecule has 0 saturated carbocycles. The van der Waals surface area contributed by atoms with E-state index in [1.54, 1.807) is 0 Å². The summed E-state index contributed by atoms with van der Waals surface area (Å²) in [6, 6.07) is 0.809. The molecule has 1 heterocycles. The number of likely N-dealkylation sites (N-methyl/N-ethyl adjacent to an activating group) is 1. The van der Waals surface area contributed by atoms with Gasteiger partial charge in [0.2, 0.25) is 5.91 Å². The molecule has 0 aliphatic carbocycles. The van der Waals surface area contributed by atoms with E-state index in [2.05, 4.69) is 36.3 Å². The topological polar surface area (TPSA) is 44.4 Å². The van der Waals surface area contributed by atoms with Crippen molar-refractivity contribution >= 4 is 5.91 Å². The predicted molar refractivity (Wildman–Crippen MR) is 57.2 cm³/mol. The molecule has 1 saturated heterocycles. The molecule has 0 aromatic heterocycles. The van der Waals surface area contributed by atoms with Crippen molar-refractivity contribution in [3.63, 3.8) is 0 Å². The maximum Gasteiger partial charge on any atom is 0.238 e. The first-order chi connectivity index (χ1) is 6.57. The van der Waals surface area contributed by atoms with E-state index >= 15 is 0 Å². The van der Waals surface area contributed by atoms with Gasteiger partial charge in [0.05, 0.1) is 0 Å². The predicted octanol–water partition coefficient (Wildman–Crippen LogP) is -0.197. The molecule has 1 amide bonds. The summed E-state index contributed by atoms with van der Waals surface area (Å²) in [7, 11) is 1.88. The molecule has 1 rings (SSSR count). The highest BCUT2D eigenvalue weighted by Crippen LogP contribution is 2.14. The summed E-state index contributed by atoms with van der Waals surface area (Å²) in [6.07, 6.45) is 0. The highest BCUT2D eigenvalue weighted by molar-refractivity contribution is 5.83. The zero-order valence-electron chi connectivity index (χ0n) is 9.50. The summed E-state index contributed by atoms with van der Waals surface area (Å²) < 4.78 is 0. The lowest BCUT2D eigenvalue weighted by Crippen LogP contribution is -2.63. The normalized spacial score (nSPS) is 29.4. The molecule has 0 aromatic rings. The molecule has 0 radical (unpaired) electrons. The third-order valence-corrected chi connectivity index (χ3v) is 2.74. The van der Waals surface area contributed by atoms with Crippen molar-refractivity contribution < 1.29 is 4.79 Å². The zero-order chi connectivity index (χ0) is 10.7. The summed E-state index contributed by atoms with van der Waals surface area (Å²) >= 11 is 0. The smallest absolute Gasteiger partial charge is 0.238 e. The van der Waals surface area contributed by atoms with E-state index < -0.39 is 0 Å². The van der Waals surface area contributed by atoms with Crippen LogP contribution in [0.5, 0.6) is 0 Å². The SMILES string of the molecule is CNCC1C(=O)NCC(C)N1C(C)C. The fourth-order valence-corrected chi connectivity index (χ4v) is 2.17. The number of carbonyl (C=O) groups excluding carboxylic acids is 1. The summed E-state index contributed by atoms with van der Waals surface area (Å²) in [5.74, 6) is 0.145. The molecule has 1 aliphatic heterocycles. The van der Waals surface area contributed by atoms with Crippen molar-refractivity contribution in [1.82, 2.24) is 15.5 Å². The van der Waals surface area contributed by atoms with E-state index in [4.69, 9.17) is 0 Å². The van der Waals surface area contributed by atoms with Crippen molar-refractivity contribution in [3.8, 4) is 0 Å². The van der Waals surface area contributed by atoms with Gasteiger partial charge in [-0.25, -0.2) is 0 Å². The number of hydrogen-bond donors (Lipinski definition) is 2. The third kappa shape index (κ3) is 2.25. The number of carbonyl (C=O) groups is 1. The third-order valence-electron chi connectivity index (χ3n) is 2.74. The van der Waals surface area contributed by atoms with E-state index in [9.17, 15) is 4.79 Å². The monoisotopic (exact) mass is 199 g/mol. The van der Waals surface area contributed by atoms with Crippen LogP contribution in [0.2, 0.25) is 0 Å². The second-order valence-corrected chi connectivity index (χ2v) is 4.21. The number of nitrogens with one attached hydrogen (secondary N) is 2. The van der Waals surface area contributed by atoms with E-state index in [1.807, 2.05) is 7.05 Å². The largest absolute Gasteiger partial charge is 0.353 e. The fraction of sp³-hybridized carbons (Fsp3) is 0.900. The molecule has 2 unspecified atom stereocenters. The second-order valence-electron chi connectivity index (χ2n) is 4.21. The molecule has 82 valence electrons. The number of amides is 1. The van der Waals surface area contributed by atoms with Crippen LogP contribution in [-0.2, 0) is 4.79 Å². The second kappa shape index (κ2) is 4.75. The molecule has 14 heavy (non-hydrogen) atoms. The van der Waals surface area contributed by atoms with Gasteiger partial charge in [-0.2, -0.15) is 0 Å². The molecule has 0 spiro atoms. The molecule has 2 atom stereocenters. The van der Waals surface area contributed by atoms with Crippen LogP contribution in [-0.4, -0.2) is 49.1 Å². The van der Waals surface area contributed by atoms with Gasteiger partial charge in [-0.05, 0) is 27.8 Å². The number of piperazine rings is 1. The molecule has 1 aliphatic rings. The Bertz CT molecular complexity index is 206. The molecule has 0 aromatic carbocycles. The Morgan fingerprint density at radius 1 is 1.64 bits per heavy atom. The molecule has 2 N–H and O–H groups in total. The summed E-state index contributed by atoms with van der Waals surface area (Å²) in [5.41, 5.74) is 0. The van der Waals surface area contributed by atoms with Gasteiger partial charge in [-0.15, -0.1) is 0 Å². The maximum absolute atomic E-state index is 11.7. The van der Waals surface area contributed by atoms with Crippen molar-refractivity contribution in [2.45, 2.75) is 38.9 Å². The first kappa shape index (κ1) is 11.5. The van der Waals surface area contributed by atoms with E-state index in [1.165, 1.54) is 0 Å². The quantitative estimate of drug-likeness (QED) is 0.662. The highest BCUT2D eigenvalue weighted by atomic mass is 16.2. The van der Waals surface area contributed by atoms with Crippen LogP contribution < -0.4 is 10.6 Å². The van der Waals surface area contributed by atoms with Gasteiger partial charge in [-0.1, -0.05) is 0 Å². The Labute approximate surface area is 86.0 Å². The Balaban J connectivity index is 2.75. The lowest BCUT2D eigenvalue weighted by Gasteiger charge is -2.42. The Morgan fingerprint density at radius 3 is 2.79 bits per heavy atom. The fourth-order valence-electron chi connectivity index (χ4n) is 2.17. The summed E-state index contributed by atoms with van der Waals surface area (Å²) in [5, 5.41) is 6.00.